The SMILES string of the molecule is Cc1cccc(C(=O)N(C)Cc2cccc(N)c2)c1O. The number of nitrogens with zero attached hydrogens (tertiary/aromatic N) is 1. The van der Waals surface area contributed by atoms with Crippen molar-refractivity contribution in [2.45, 2.75) is 13.5 Å². The molecule has 0 bridgehead atoms. The van der Waals surface area contributed by atoms with E-state index in [1.807, 2.05) is 18.2 Å². The minimum Gasteiger partial charge on any atom is -0.507 e. The maximum Gasteiger partial charge on any atom is 0.257 e. The molecule has 0 radical (unpaired) electrons. The fourth-order valence-corrected chi connectivity index (χ4v) is 2.07. The van der Waals surface area contributed by atoms with Crippen LogP contribution in [0.3, 0.4) is 0 Å². The van der Waals surface area contributed by atoms with Crippen LogP contribution in [0.4, 0.5) is 5.69 Å². The lowest BCUT2D eigenvalue weighted by Crippen LogP contribution is -2.26. The fraction of sp³-hybridized carbons (Fsp3) is 0.188. The summed E-state index contributed by atoms with van der Waals surface area (Å²) in [6.45, 7) is 2.21. The van der Waals surface area contributed by atoms with Crippen molar-refractivity contribution in [3.8, 4) is 5.75 Å². The molecule has 1 amide bonds. The van der Waals surface area contributed by atoms with Gasteiger partial charge in [0.05, 0.1) is 5.56 Å². The minimum absolute atomic E-state index is 0.0388. The Labute approximate surface area is 118 Å². The van der Waals surface area contributed by atoms with Crippen LogP contribution in [0.1, 0.15) is 21.5 Å². The third-order valence-corrected chi connectivity index (χ3v) is 3.19. The summed E-state index contributed by atoms with van der Waals surface area (Å²) in [6, 6.07) is 12.6. The van der Waals surface area contributed by atoms with E-state index < -0.39 is 0 Å². The highest BCUT2D eigenvalue weighted by Gasteiger charge is 2.16. The Hall–Kier alpha value is -2.49. The summed E-state index contributed by atoms with van der Waals surface area (Å²) in [5, 5.41) is 9.96. The minimum atomic E-state index is -0.214. The van der Waals surface area contributed by atoms with Gasteiger partial charge in [-0.25, -0.2) is 0 Å². The molecule has 0 aliphatic heterocycles. The summed E-state index contributed by atoms with van der Waals surface area (Å²) in [6.07, 6.45) is 0. The smallest absolute Gasteiger partial charge is 0.257 e. The molecule has 4 nitrogen and oxygen atoms in total. The van der Waals surface area contributed by atoms with Crippen molar-refractivity contribution in [3.63, 3.8) is 0 Å². The summed E-state index contributed by atoms with van der Waals surface area (Å²) < 4.78 is 0. The van der Waals surface area contributed by atoms with Gasteiger partial charge in [-0.3, -0.25) is 4.79 Å². The molecule has 0 heterocycles. The van der Waals surface area contributed by atoms with E-state index in [0.717, 1.165) is 5.56 Å². The number of aryl methyl sites for hydroxylation is 1. The van der Waals surface area contributed by atoms with Gasteiger partial charge in [-0.05, 0) is 36.2 Å². The van der Waals surface area contributed by atoms with E-state index in [1.165, 1.54) is 0 Å². The Kier molecular flexibility index (Phi) is 3.94. The zero-order chi connectivity index (χ0) is 14.7. The molecule has 2 rings (SSSR count). The second-order valence-electron chi connectivity index (χ2n) is 4.88. The number of nitrogen functional groups attached to an aromatic ring is 1. The lowest BCUT2D eigenvalue weighted by Gasteiger charge is -2.18. The van der Waals surface area contributed by atoms with Gasteiger partial charge in [-0.2, -0.15) is 0 Å². The van der Waals surface area contributed by atoms with Gasteiger partial charge in [0.2, 0.25) is 0 Å². The Morgan fingerprint density at radius 1 is 1.25 bits per heavy atom. The third kappa shape index (κ3) is 2.91. The Morgan fingerprint density at radius 2 is 1.95 bits per heavy atom. The topological polar surface area (TPSA) is 66.6 Å². The van der Waals surface area contributed by atoms with Gasteiger partial charge >= 0.3 is 0 Å². The van der Waals surface area contributed by atoms with E-state index in [2.05, 4.69) is 0 Å². The number of nitrogens with two attached hydrogens (primary N) is 1. The zero-order valence-corrected chi connectivity index (χ0v) is 11.6. The van der Waals surface area contributed by atoms with Crippen LogP contribution < -0.4 is 5.73 Å². The van der Waals surface area contributed by atoms with Gasteiger partial charge in [0.15, 0.2) is 0 Å². The molecule has 0 saturated heterocycles. The summed E-state index contributed by atoms with van der Waals surface area (Å²) >= 11 is 0. The summed E-state index contributed by atoms with van der Waals surface area (Å²) in [4.78, 5) is 13.9. The van der Waals surface area contributed by atoms with Gasteiger partial charge in [-0.15, -0.1) is 0 Å². The second kappa shape index (κ2) is 5.65. The number of rotatable bonds is 3. The van der Waals surface area contributed by atoms with Crippen molar-refractivity contribution in [1.29, 1.82) is 0 Å². The first kappa shape index (κ1) is 13.9. The molecular weight excluding hydrogens is 252 g/mol. The lowest BCUT2D eigenvalue weighted by molar-refractivity contribution is 0.0782. The summed E-state index contributed by atoms with van der Waals surface area (Å²) in [5.74, 6) is -0.175. The van der Waals surface area contributed by atoms with Gasteiger partial charge in [0.25, 0.3) is 5.91 Å². The second-order valence-corrected chi connectivity index (χ2v) is 4.88. The zero-order valence-electron chi connectivity index (χ0n) is 11.6. The molecule has 0 saturated carbocycles. The van der Waals surface area contributed by atoms with E-state index in [0.29, 0.717) is 23.4 Å². The molecule has 0 unspecified atom stereocenters. The van der Waals surface area contributed by atoms with Crippen LogP contribution >= 0.6 is 0 Å². The number of phenols is 1. The van der Waals surface area contributed by atoms with Gasteiger partial charge in [0.1, 0.15) is 5.75 Å². The van der Waals surface area contributed by atoms with Crippen molar-refractivity contribution < 1.29 is 9.90 Å². The third-order valence-electron chi connectivity index (χ3n) is 3.19. The van der Waals surface area contributed by atoms with Crippen LogP contribution in [-0.4, -0.2) is 23.0 Å². The number of anilines is 1. The van der Waals surface area contributed by atoms with Crippen LogP contribution in [0.2, 0.25) is 0 Å². The number of benzene rings is 2. The molecule has 0 fully saturated rings. The molecule has 0 atom stereocenters. The van der Waals surface area contributed by atoms with Crippen LogP contribution in [-0.2, 0) is 6.54 Å². The predicted octanol–water partition coefficient (Wildman–Crippen LogP) is 2.56. The van der Waals surface area contributed by atoms with Crippen molar-refractivity contribution >= 4 is 11.6 Å². The van der Waals surface area contributed by atoms with E-state index in [9.17, 15) is 9.90 Å². The number of aromatic hydroxyl groups is 1. The average molecular weight is 270 g/mol. The van der Waals surface area contributed by atoms with Crippen molar-refractivity contribution in [1.82, 2.24) is 4.90 Å². The van der Waals surface area contributed by atoms with E-state index in [4.69, 9.17) is 5.73 Å². The molecule has 104 valence electrons. The van der Waals surface area contributed by atoms with Crippen LogP contribution in [0.15, 0.2) is 42.5 Å². The molecule has 4 heteroatoms. The van der Waals surface area contributed by atoms with E-state index >= 15 is 0 Å². The summed E-state index contributed by atoms with van der Waals surface area (Å²) in [7, 11) is 1.70. The van der Waals surface area contributed by atoms with Crippen molar-refractivity contribution in [2.75, 3.05) is 12.8 Å². The first-order chi connectivity index (χ1) is 9.49. The van der Waals surface area contributed by atoms with Crippen LogP contribution in [0.25, 0.3) is 0 Å². The molecule has 2 aromatic rings. The highest BCUT2D eigenvalue weighted by Crippen LogP contribution is 2.23. The molecule has 3 N–H and O–H groups in total. The predicted molar refractivity (Wildman–Crippen MR) is 79.5 cm³/mol. The Morgan fingerprint density at radius 3 is 2.65 bits per heavy atom. The number of hydrogen-bond acceptors (Lipinski definition) is 3. The molecule has 2 aromatic carbocycles. The highest BCUT2D eigenvalue weighted by atomic mass is 16.3. The van der Waals surface area contributed by atoms with Gasteiger partial charge in [-0.1, -0.05) is 24.3 Å². The fourth-order valence-electron chi connectivity index (χ4n) is 2.07. The largest absolute Gasteiger partial charge is 0.507 e. The molecular formula is C16H18N2O2. The maximum atomic E-state index is 12.3. The Balaban J connectivity index is 2.19. The number of para-hydroxylation sites is 1. The van der Waals surface area contributed by atoms with Crippen molar-refractivity contribution in [2.24, 2.45) is 0 Å². The normalized spacial score (nSPS) is 10.3. The molecule has 0 spiro atoms. The standard InChI is InChI=1S/C16H18N2O2/c1-11-5-3-8-14(15(11)19)16(20)18(2)10-12-6-4-7-13(17)9-12/h3-9,19H,10,17H2,1-2H3. The first-order valence-electron chi connectivity index (χ1n) is 6.37. The van der Waals surface area contributed by atoms with Gasteiger partial charge < -0.3 is 15.7 Å². The average Bonchev–Trinajstić information content (AvgIpc) is 2.41. The number of carbonyl (C=O) groups excluding carboxylic acids is 1. The highest BCUT2D eigenvalue weighted by molar-refractivity contribution is 5.97. The molecule has 0 aromatic heterocycles. The Bertz CT molecular complexity index is 638. The first-order valence-corrected chi connectivity index (χ1v) is 6.37. The van der Waals surface area contributed by atoms with E-state index in [-0.39, 0.29) is 11.7 Å². The molecule has 0 aliphatic carbocycles. The van der Waals surface area contributed by atoms with Crippen molar-refractivity contribution in [3.05, 3.63) is 59.2 Å². The monoisotopic (exact) mass is 270 g/mol. The van der Waals surface area contributed by atoms with Crippen LogP contribution in [0, 0.1) is 6.92 Å². The number of hydrogen-bond donors (Lipinski definition) is 2. The van der Waals surface area contributed by atoms with Crippen LogP contribution in [0.5, 0.6) is 5.75 Å². The quantitative estimate of drug-likeness (QED) is 0.842. The molecule has 0 aliphatic rings. The van der Waals surface area contributed by atoms with E-state index in [1.54, 1.807) is 43.1 Å². The lowest BCUT2D eigenvalue weighted by atomic mass is 10.1. The number of phenolic OH excluding ortho intramolecular Hbond substituents is 1. The van der Waals surface area contributed by atoms with Gasteiger partial charge in [0, 0.05) is 19.3 Å². The summed E-state index contributed by atoms with van der Waals surface area (Å²) in [5.41, 5.74) is 8.35. The maximum absolute atomic E-state index is 12.3. The number of carbonyl (C=O) groups is 1. The number of amides is 1. The molecule has 20 heavy (non-hydrogen) atoms.